The molecule has 2 aromatic carbocycles. The van der Waals surface area contributed by atoms with Gasteiger partial charge in [0.05, 0.1) is 21.9 Å². The van der Waals surface area contributed by atoms with Crippen LogP contribution in [0.4, 0.5) is 0 Å². The van der Waals surface area contributed by atoms with Gasteiger partial charge in [-0.15, -0.1) is 0 Å². The zero-order valence-corrected chi connectivity index (χ0v) is 14.5. The first-order chi connectivity index (χ1) is 12.5. The molecule has 6 nitrogen and oxygen atoms in total. The Morgan fingerprint density at radius 3 is 2.38 bits per heavy atom. The molecule has 1 aliphatic carbocycles. The van der Waals surface area contributed by atoms with Crippen molar-refractivity contribution in [3.63, 3.8) is 0 Å². The Labute approximate surface area is 153 Å². The lowest BCUT2D eigenvalue weighted by Crippen LogP contribution is -2.19. The second-order valence-electron chi connectivity index (χ2n) is 6.53. The van der Waals surface area contributed by atoms with E-state index in [4.69, 9.17) is 20.8 Å². The average molecular weight is 377 g/mol. The van der Waals surface area contributed by atoms with E-state index in [1.54, 1.807) is 0 Å². The highest BCUT2D eigenvalue weighted by atomic mass is 35.5. The Balaban J connectivity index is 1.91. The topological polar surface area (TPSA) is 100 Å². The van der Waals surface area contributed by atoms with Gasteiger partial charge in [-0.1, -0.05) is 18.0 Å². The number of ether oxygens (including phenoxy) is 1. The van der Waals surface area contributed by atoms with Crippen molar-refractivity contribution in [1.29, 1.82) is 0 Å². The number of aromatic hydroxyl groups is 3. The van der Waals surface area contributed by atoms with Gasteiger partial charge in [-0.25, -0.2) is 0 Å². The second kappa shape index (κ2) is 6.29. The van der Waals surface area contributed by atoms with Crippen LogP contribution in [-0.4, -0.2) is 21.4 Å². The Morgan fingerprint density at radius 2 is 1.65 bits per heavy atom. The molecule has 4 rings (SSSR count). The van der Waals surface area contributed by atoms with Gasteiger partial charge in [0.2, 0.25) is 16.9 Å². The van der Waals surface area contributed by atoms with Gasteiger partial charge < -0.3 is 24.5 Å². The van der Waals surface area contributed by atoms with E-state index >= 15 is 0 Å². The predicted octanol–water partition coefficient (Wildman–Crippen LogP) is 4.43. The van der Waals surface area contributed by atoms with Gasteiger partial charge in [0.1, 0.15) is 0 Å². The van der Waals surface area contributed by atoms with Crippen LogP contribution >= 0.6 is 11.6 Å². The van der Waals surface area contributed by atoms with Gasteiger partial charge in [0, 0.05) is 0 Å². The summed E-state index contributed by atoms with van der Waals surface area (Å²) in [7, 11) is 0. The zero-order chi connectivity index (χ0) is 18.4. The van der Waals surface area contributed by atoms with Crippen molar-refractivity contribution >= 4 is 33.5 Å². The molecule has 0 spiro atoms. The largest absolute Gasteiger partial charge is 0.503 e. The maximum atomic E-state index is 12.7. The standard InChI is InChI=1S/C19H17ClO6/c20-12-8-11-14(21)10-6-7-13(25-9-4-2-1-3-5-9)16(23)18(10)26-19(11)17(24)15(12)22/h6-9,22-24H,1-5H2. The molecule has 136 valence electrons. The number of phenols is 3. The Bertz CT molecular complexity index is 1070. The zero-order valence-electron chi connectivity index (χ0n) is 13.8. The van der Waals surface area contributed by atoms with Crippen LogP contribution < -0.4 is 10.2 Å². The monoisotopic (exact) mass is 376 g/mol. The highest BCUT2D eigenvalue weighted by Crippen LogP contribution is 2.42. The van der Waals surface area contributed by atoms with Gasteiger partial charge in [0.15, 0.2) is 22.7 Å². The van der Waals surface area contributed by atoms with Crippen molar-refractivity contribution in [1.82, 2.24) is 0 Å². The second-order valence-corrected chi connectivity index (χ2v) is 6.94. The molecule has 0 atom stereocenters. The van der Waals surface area contributed by atoms with E-state index in [9.17, 15) is 20.1 Å². The molecular formula is C19H17ClO6. The minimum Gasteiger partial charge on any atom is -0.503 e. The Morgan fingerprint density at radius 1 is 0.962 bits per heavy atom. The molecule has 7 heteroatoms. The third-order valence-electron chi connectivity index (χ3n) is 4.81. The van der Waals surface area contributed by atoms with Crippen LogP contribution in [0.25, 0.3) is 21.9 Å². The molecule has 3 aromatic rings. The maximum Gasteiger partial charge on any atom is 0.203 e. The number of fused-ring (bicyclic) bond motifs is 2. The minimum absolute atomic E-state index is 0.00975. The molecular weight excluding hydrogens is 360 g/mol. The van der Waals surface area contributed by atoms with Crippen molar-refractivity contribution in [2.75, 3.05) is 0 Å². The van der Waals surface area contributed by atoms with E-state index in [1.165, 1.54) is 24.6 Å². The first-order valence-corrected chi connectivity index (χ1v) is 8.84. The molecule has 1 heterocycles. The van der Waals surface area contributed by atoms with Crippen molar-refractivity contribution in [3.8, 4) is 23.0 Å². The number of rotatable bonds is 2. The van der Waals surface area contributed by atoms with E-state index in [0.717, 1.165) is 25.7 Å². The number of halogens is 1. The first kappa shape index (κ1) is 16.8. The third-order valence-corrected chi connectivity index (χ3v) is 5.10. The molecule has 0 aliphatic heterocycles. The molecule has 1 aromatic heterocycles. The molecule has 0 radical (unpaired) electrons. The van der Waals surface area contributed by atoms with E-state index in [2.05, 4.69) is 0 Å². The first-order valence-electron chi connectivity index (χ1n) is 8.47. The quantitative estimate of drug-likeness (QED) is 0.452. The normalized spacial score (nSPS) is 15.6. The SMILES string of the molecule is O=c1c2ccc(OC3CCCCC3)c(O)c2oc2c(O)c(O)c(Cl)cc12. The number of hydrogen-bond acceptors (Lipinski definition) is 6. The predicted molar refractivity (Wildman–Crippen MR) is 97.5 cm³/mol. The summed E-state index contributed by atoms with van der Waals surface area (Å²) in [6.45, 7) is 0. The summed E-state index contributed by atoms with van der Waals surface area (Å²) in [4.78, 5) is 12.7. The van der Waals surface area contributed by atoms with Crippen LogP contribution in [0.1, 0.15) is 32.1 Å². The summed E-state index contributed by atoms with van der Waals surface area (Å²) in [5.41, 5.74) is -0.819. The fourth-order valence-electron chi connectivity index (χ4n) is 3.42. The lowest BCUT2D eigenvalue weighted by Gasteiger charge is -2.23. The van der Waals surface area contributed by atoms with Crippen molar-refractivity contribution in [2.24, 2.45) is 0 Å². The van der Waals surface area contributed by atoms with Gasteiger partial charge in [0.25, 0.3) is 0 Å². The molecule has 0 unspecified atom stereocenters. The minimum atomic E-state index is -0.649. The van der Waals surface area contributed by atoms with Crippen LogP contribution in [0.5, 0.6) is 23.0 Å². The Kier molecular flexibility index (Phi) is 4.07. The number of phenolic OH excluding ortho intramolecular Hbond substituents is 3. The lowest BCUT2D eigenvalue weighted by atomic mass is 9.98. The van der Waals surface area contributed by atoms with Crippen LogP contribution in [0, 0.1) is 0 Å². The summed E-state index contributed by atoms with van der Waals surface area (Å²) >= 11 is 5.82. The number of benzene rings is 2. The Hall–Kier alpha value is -2.60. The lowest BCUT2D eigenvalue weighted by molar-refractivity contribution is 0.150. The van der Waals surface area contributed by atoms with E-state index < -0.39 is 16.9 Å². The van der Waals surface area contributed by atoms with Gasteiger partial charge >= 0.3 is 0 Å². The highest BCUT2D eigenvalue weighted by Gasteiger charge is 2.22. The maximum absolute atomic E-state index is 12.7. The van der Waals surface area contributed by atoms with Crippen molar-refractivity contribution in [2.45, 2.75) is 38.2 Å². The van der Waals surface area contributed by atoms with Crippen LogP contribution in [0.3, 0.4) is 0 Å². The summed E-state index contributed by atoms with van der Waals surface area (Å²) in [5.74, 6) is -1.31. The average Bonchev–Trinajstić information content (AvgIpc) is 2.64. The third kappa shape index (κ3) is 2.61. The molecule has 1 fully saturated rings. The van der Waals surface area contributed by atoms with Crippen LogP contribution in [-0.2, 0) is 0 Å². The number of hydrogen-bond donors (Lipinski definition) is 3. The van der Waals surface area contributed by atoms with E-state index in [-0.39, 0.29) is 44.6 Å². The summed E-state index contributed by atoms with van der Waals surface area (Å²) < 4.78 is 11.4. The molecule has 0 bridgehead atoms. The fourth-order valence-corrected chi connectivity index (χ4v) is 3.62. The van der Waals surface area contributed by atoms with Crippen LogP contribution in [0.15, 0.2) is 27.4 Å². The highest BCUT2D eigenvalue weighted by molar-refractivity contribution is 6.33. The summed E-state index contributed by atoms with van der Waals surface area (Å²) in [6, 6.07) is 4.27. The van der Waals surface area contributed by atoms with Gasteiger partial charge in [-0.05, 0) is 43.9 Å². The summed E-state index contributed by atoms with van der Waals surface area (Å²) in [5, 5.41) is 30.4. The van der Waals surface area contributed by atoms with Gasteiger partial charge in [-0.3, -0.25) is 4.79 Å². The van der Waals surface area contributed by atoms with Crippen molar-refractivity contribution < 1.29 is 24.5 Å². The smallest absolute Gasteiger partial charge is 0.203 e. The molecule has 0 saturated heterocycles. The molecule has 3 N–H and O–H groups in total. The molecule has 1 aliphatic rings. The van der Waals surface area contributed by atoms with Crippen LogP contribution in [0.2, 0.25) is 5.02 Å². The van der Waals surface area contributed by atoms with Crippen molar-refractivity contribution in [3.05, 3.63) is 33.4 Å². The van der Waals surface area contributed by atoms with Gasteiger partial charge in [-0.2, -0.15) is 0 Å². The molecule has 0 amide bonds. The fraction of sp³-hybridized carbons (Fsp3) is 0.316. The summed E-state index contributed by atoms with van der Waals surface area (Å²) in [6.07, 6.45) is 5.16. The van der Waals surface area contributed by atoms with E-state index in [0.29, 0.717) is 0 Å². The molecule has 1 saturated carbocycles. The molecule has 26 heavy (non-hydrogen) atoms. The van der Waals surface area contributed by atoms with E-state index in [1.807, 2.05) is 0 Å².